The van der Waals surface area contributed by atoms with Crippen LogP contribution in [0.1, 0.15) is 16.6 Å². The number of anilines is 1. The predicted octanol–water partition coefficient (Wildman–Crippen LogP) is 6.20. The van der Waals surface area contributed by atoms with Crippen molar-refractivity contribution in [1.82, 2.24) is 0 Å². The van der Waals surface area contributed by atoms with Crippen molar-refractivity contribution >= 4 is 55.4 Å². The number of sulfonamides is 1. The molecule has 0 fully saturated rings. The molecule has 4 rings (SSSR count). The van der Waals surface area contributed by atoms with Gasteiger partial charge in [0.1, 0.15) is 4.88 Å². The molecule has 0 radical (unpaired) electrons. The van der Waals surface area contributed by atoms with E-state index in [1.807, 2.05) is 36.4 Å². The van der Waals surface area contributed by atoms with Gasteiger partial charge in [-0.2, -0.15) is 0 Å². The number of fused-ring (bicyclic) bond motifs is 1. The van der Waals surface area contributed by atoms with Crippen LogP contribution in [0.15, 0.2) is 77.7 Å². The molecule has 4 aromatic rings. The summed E-state index contributed by atoms with van der Waals surface area (Å²) in [5.41, 5.74) is 0.998. The predicted molar refractivity (Wildman–Crippen MR) is 125 cm³/mol. The van der Waals surface area contributed by atoms with Gasteiger partial charge in [0.25, 0.3) is 10.0 Å². The fourth-order valence-corrected chi connectivity index (χ4v) is 5.41. The van der Waals surface area contributed by atoms with Crippen LogP contribution in [0.25, 0.3) is 21.2 Å². The minimum atomic E-state index is -3.92. The molecule has 0 saturated heterocycles. The first-order chi connectivity index (χ1) is 14.9. The van der Waals surface area contributed by atoms with Crippen LogP contribution in [-0.2, 0) is 14.8 Å². The summed E-state index contributed by atoms with van der Waals surface area (Å²) in [7, 11) is -3.92. The summed E-state index contributed by atoms with van der Waals surface area (Å²) < 4.78 is 33.9. The molecule has 0 aliphatic carbocycles. The number of ether oxygens (including phenoxy) is 1. The quantitative estimate of drug-likeness (QED) is 0.340. The maximum Gasteiger partial charge on any atom is 0.350 e. The van der Waals surface area contributed by atoms with Crippen molar-refractivity contribution in [3.63, 3.8) is 0 Å². The number of rotatable bonds is 6. The van der Waals surface area contributed by atoms with Crippen LogP contribution in [0.4, 0.5) is 5.69 Å². The minimum absolute atomic E-state index is 0.111. The third-order valence-electron chi connectivity index (χ3n) is 4.60. The smallest absolute Gasteiger partial charge is 0.350 e. The molecule has 0 bridgehead atoms. The van der Waals surface area contributed by atoms with Gasteiger partial charge in [-0.3, -0.25) is 4.72 Å². The van der Waals surface area contributed by atoms with Gasteiger partial charge in [-0.25, -0.2) is 13.2 Å². The molecular formula is C23H18ClNO4S2. The van der Waals surface area contributed by atoms with Crippen molar-refractivity contribution < 1.29 is 17.9 Å². The van der Waals surface area contributed by atoms with E-state index in [2.05, 4.69) is 4.72 Å². The monoisotopic (exact) mass is 471 g/mol. The topological polar surface area (TPSA) is 72.5 Å². The molecule has 158 valence electrons. The lowest BCUT2D eigenvalue weighted by molar-refractivity contribution is 0.0533. The number of benzene rings is 3. The van der Waals surface area contributed by atoms with Gasteiger partial charge in [0.2, 0.25) is 0 Å². The zero-order chi connectivity index (χ0) is 22.0. The Hall–Kier alpha value is -2.87. The van der Waals surface area contributed by atoms with Crippen LogP contribution in [0.5, 0.6) is 0 Å². The third-order valence-corrected chi connectivity index (χ3v) is 7.38. The maximum atomic E-state index is 13.1. The van der Waals surface area contributed by atoms with Crippen molar-refractivity contribution in [3.05, 3.63) is 82.7 Å². The molecule has 8 heteroatoms. The molecular weight excluding hydrogens is 454 g/mol. The van der Waals surface area contributed by atoms with Gasteiger partial charge in [0, 0.05) is 9.90 Å². The Bertz CT molecular complexity index is 1360. The number of carbonyl (C=O) groups is 1. The number of halogens is 1. The molecule has 0 atom stereocenters. The lowest BCUT2D eigenvalue weighted by atomic mass is 10.1. The van der Waals surface area contributed by atoms with E-state index in [-0.39, 0.29) is 22.1 Å². The van der Waals surface area contributed by atoms with Crippen LogP contribution < -0.4 is 4.72 Å². The zero-order valence-electron chi connectivity index (χ0n) is 16.5. The summed E-state index contributed by atoms with van der Waals surface area (Å²) in [5.74, 6) is -0.580. The van der Waals surface area contributed by atoms with Crippen molar-refractivity contribution in [1.29, 1.82) is 0 Å². The van der Waals surface area contributed by atoms with Gasteiger partial charge in [-0.1, -0.05) is 54.1 Å². The first-order valence-corrected chi connectivity index (χ1v) is 12.1. The summed E-state index contributed by atoms with van der Waals surface area (Å²) >= 11 is 7.12. The normalized spacial score (nSPS) is 11.4. The molecule has 5 nitrogen and oxygen atoms in total. The molecule has 3 aromatic carbocycles. The Kier molecular flexibility index (Phi) is 6.00. The first kappa shape index (κ1) is 21.4. The van der Waals surface area contributed by atoms with E-state index in [0.29, 0.717) is 5.02 Å². The van der Waals surface area contributed by atoms with E-state index in [9.17, 15) is 13.2 Å². The van der Waals surface area contributed by atoms with Gasteiger partial charge in [-0.05, 0) is 53.6 Å². The number of thiophene rings is 1. The zero-order valence-corrected chi connectivity index (χ0v) is 18.9. The van der Waals surface area contributed by atoms with Gasteiger partial charge in [0.05, 0.1) is 17.2 Å². The Morgan fingerprint density at radius 1 is 1.00 bits per heavy atom. The fourth-order valence-electron chi connectivity index (χ4n) is 3.11. The van der Waals surface area contributed by atoms with Crippen molar-refractivity contribution in [2.45, 2.75) is 11.8 Å². The highest BCUT2D eigenvalue weighted by atomic mass is 35.5. The minimum Gasteiger partial charge on any atom is -0.462 e. The molecule has 0 amide bonds. The molecule has 0 aliphatic rings. The van der Waals surface area contributed by atoms with Crippen molar-refractivity contribution in [2.24, 2.45) is 0 Å². The molecule has 0 aliphatic heterocycles. The van der Waals surface area contributed by atoms with Crippen LogP contribution in [0, 0.1) is 0 Å². The Morgan fingerprint density at radius 2 is 1.71 bits per heavy atom. The SMILES string of the molecule is CCOC(=O)c1sc(-c2ccc(Cl)cc2)cc1NS(=O)(=O)c1ccc2ccccc2c1. The van der Waals surface area contributed by atoms with E-state index < -0.39 is 16.0 Å². The lowest BCUT2D eigenvalue weighted by Crippen LogP contribution is -2.15. The molecule has 1 N–H and O–H groups in total. The largest absolute Gasteiger partial charge is 0.462 e. The Morgan fingerprint density at radius 3 is 2.42 bits per heavy atom. The summed E-state index contributed by atoms with van der Waals surface area (Å²) in [5, 5.41) is 2.33. The maximum absolute atomic E-state index is 13.1. The fraction of sp³-hybridized carbons (Fsp3) is 0.0870. The number of esters is 1. The van der Waals surface area contributed by atoms with Gasteiger partial charge in [-0.15, -0.1) is 11.3 Å². The third kappa shape index (κ3) is 4.58. The van der Waals surface area contributed by atoms with Gasteiger partial charge < -0.3 is 4.74 Å². The van der Waals surface area contributed by atoms with Gasteiger partial charge in [0.15, 0.2) is 0 Å². The number of nitrogens with one attached hydrogen (secondary N) is 1. The molecule has 0 spiro atoms. The van der Waals surface area contributed by atoms with E-state index in [0.717, 1.165) is 32.5 Å². The second-order valence-corrected chi connectivity index (χ2v) is 9.87. The standard InChI is InChI=1S/C23H18ClNO4S2/c1-2-29-23(26)22-20(14-21(30-22)16-7-10-18(24)11-8-16)25-31(27,28)19-12-9-15-5-3-4-6-17(15)13-19/h3-14,25H,2H2,1H3. The molecule has 0 saturated carbocycles. The number of hydrogen-bond donors (Lipinski definition) is 1. The Balaban J connectivity index is 1.74. The average Bonchev–Trinajstić information content (AvgIpc) is 3.17. The molecule has 0 unspecified atom stereocenters. The van der Waals surface area contributed by atoms with Crippen molar-refractivity contribution in [3.8, 4) is 10.4 Å². The highest BCUT2D eigenvalue weighted by molar-refractivity contribution is 7.92. The summed E-state index contributed by atoms with van der Waals surface area (Å²) in [6, 6.07) is 21.1. The molecule has 1 aromatic heterocycles. The van der Waals surface area contributed by atoms with Crippen LogP contribution in [0.3, 0.4) is 0 Å². The first-order valence-electron chi connectivity index (χ1n) is 9.46. The average molecular weight is 472 g/mol. The summed E-state index contributed by atoms with van der Waals surface area (Å²) in [6.07, 6.45) is 0. The van der Waals surface area contributed by atoms with Gasteiger partial charge >= 0.3 is 5.97 Å². The van der Waals surface area contributed by atoms with Crippen LogP contribution in [0.2, 0.25) is 5.02 Å². The van der Waals surface area contributed by atoms with Crippen LogP contribution in [-0.4, -0.2) is 21.0 Å². The van der Waals surface area contributed by atoms with E-state index in [1.54, 1.807) is 43.3 Å². The van der Waals surface area contributed by atoms with Crippen molar-refractivity contribution in [2.75, 3.05) is 11.3 Å². The molecule has 31 heavy (non-hydrogen) atoms. The number of carbonyl (C=O) groups excluding carboxylic acids is 1. The van der Waals surface area contributed by atoms with E-state index >= 15 is 0 Å². The number of hydrogen-bond acceptors (Lipinski definition) is 5. The Labute approximate surface area is 189 Å². The summed E-state index contributed by atoms with van der Waals surface area (Å²) in [4.78, 5) is 13.5. The second-order valence-electron chi connectivity index (χ2n) is 6.70. The van der Waals surface area contributed by atoms with E-state index in [1.165, 1.54) is 0 Å². The summed E-state index contributed by atoms with van der Waals surface area (Å²) in [6.45, 7) is 1.88. The highest BCUT2D eigenvalue weighted by Gasteiger charge is 2.23. The second kappa shape index (κ2) is 8.70. The molecule has 1 heterocycles. The van der Waals surface area contributed by atoms with Crippen LogP contribution >= 0.6 is 22.9 Å². The van der Waals surface area contributed by atoms with E-state index in [4.69, 9.17) is 16.3 Å². The highest BCUT2D eigenvalue weighted by Crippen LogP contribution is 2.37. The lowest BCUT2D eigenvalue weighted by Gasteiger charge is -2.09.